The van der Waals surface area contributed by atoms with E-state index in [-0.39, 0.29) is 24.4 Å². The van der Waals surface area contributed by atoms with E-state index in [1.54, 1.807) is 0 Å². The summed E-state index contributed by atoms with van der Waals surface area (Å²) in [6.07, 6.45) is 2.47. The smallest absolute Gasteiger partial charge is 0.315 e. The Labute approximate surface area is 120 Å². The van der Waals surface area contributed by atoms with Crippen molar-refractivity contribution in [3.63, 3.8) is 0 Å². The molecule has 1 fully saturated rings. The molecule has 6 nitrogen and oxygen atoms in total. The Morgan fingerprint density at radius 3 is 2.45 bits per heavy atom. The van der Waals surface area contributed by atoms with Gasteiger partial charge in [0.25, 0.3) is 0 Å². The summed E-state index contributed by atoms with van der Waals surface area (Å²) >= 11 is 0. The quantitative estimate of drug-likeness (QED) is 0.596. The SMILES string of the molecule is CCN(CCNC(=O)NC(CC(=O)O)C(C)C)C1CC1. The maximum absolute atomic E-state index is 11.8. The summed E-state index contributed by atoms with van der Waals surface area (Å²) in [5.74, 6) is -0.801. The molecule has 1 aliphatic rings. The van der Waals surface area contributed by atoms with Crippen molar-refractivity contribution in [2.24, 2.45) is 5.92 Å². The summed E-state index contributed by atoms with van der Waals surface area (Å²) in [6.45, 7) is 8.37. The molecular formula is C14H27N3O3. The number of hydrogen-bond donors (Lipinski definition) is 3. The molecule has 0 aliphatic heterocycles. The minimum Gasteiger partial charge on any atom is -0.481 e. The number of likely N-dealkylation sites (N-methyl/N-ethyl adjacent to an activating group) is 1. The molecule has 0 aromatic heterocycles. The van der Waals surface area contributed by atoms with Crippen LogP contribution in [0.1, 0.15) is 40.0 Å². The lowest BCUT2D eigenvalue weighted by molar-refractivity contribution is -0.137. The van der Waals surface area contributed by atoms with Crippen molar-refractivity contribution in [2.45, 2.75) is 52.1 Å². The number of carbonyl (C=O) groups is 2. The Balaban J connectivity index is 2.25. The van der Waals surface area contributed by atoms with Crippen LogP contribution < -0.4 is 10.6 Å². The second-order valence-corrected chi connectivity index (χ2v) is 5.71. The van der Waals surface area contributed by atoms with Crippen LogP contribution in [0.3, 0.4) is 0 Å². The summed E-state index contributed by atoms with van der Waals surface area (Å²) in [7, 11) is 0. The highest BCUT2D eigenvalue weighted by Gasteiger charge is 2.27. The summed E-state index contributed by atoms with van der Waals surface area (Å²) in [5.41, 5.74) is 0. The summed E-state index contributed by atoms with van der Waals surface area (Å²) in [6, 6.07) is 0.0790. The first kappa shape index (κ1) is 16.8. The Hall–Kier alpha value is -1.30. The zero-order chi connectivity index (χ0) is 15.1. The van der Waals surface area contributed by atoms with Gasteiger partial charge in [-0.1, -0.05) is 20.8 Å². The highest BCUT2D eigenvalue weighted by molar-refractivity contribution is 5.75. The number of urea groups is 1. The van der Waals surface area contributed by atoms with E-state index in [9.17, 15) is 9.59 Å². The van der Waals surface area contributed by atoms with E-state index in [1.807, 2.05) is 13.8 Å². The number of carboxylic acids is 1. The number of nitrogens with one attached hydrogen (secondary N) is 2. The van der Waals surface area contributed by atoms with Crippen LogP contribution in [0, 0.1) is 5.92 Å². The molecule has 2 amide bonds. The molecule has 116 valence electrons. The van der Waals surface area contributed by atoms with Gasteiger partial charge in [0.05, 0.1) is 6.42 Å². The number of nitrogens with zero attached hydrogens (tertiary/aromatic N) is 1. The van der Waals surface area contributed by atoms with Crippen LogP contribution in [-0.2, 0) is 4.79 Å². The summed E-state index contributed by atoms with van der Waals surface area (Å²) in [5, 5.41) is 14.4. The van der Waals surface area contributed by atoms with Crippen LogP contribution in [0.25, 0.3) is 0 Å². The molecule has 0 radical (unpaired) electrons. The molecule has 1 atom stereocenters. The van der Waals surface area contributed by atoms with E-state index in [0.717, 1.165) is 13.1 Å². The lowest BCUT2D eigenvalue weighted by Gasteiger charge is -2.22. The lowest BCUT2D eigenvalue weighted by Crippen LogP contribution is -2.47. The molecule has 1 saturated carbocycles. The predicted molar refractivity (Wildman–Crippen MR) is 77.7 cm³/mol. The highest BCUT2D eigenvalue weighted by atomic mass is 16.4. The van der Waals surface area contributed by atoms with Crippen LogP contribution in [-0.4, -0.2) is 53.7 Å². The fourth-order valence-corrected chi connectivity index (χ4v) is 2.21. The average molecular weight is 285 g/mol. The molecule has 0 heterocycles. The van der Waals surface area contributed by atoms with Gasteiger partial charge in [-0.15, -0.1) is 0 Å². The number of carboxylic acid groups (broad SMARTS) is 1. The molecule has 0 aromatic carbocycles. The van der Waals surface area contributed by atoms with Crippen molar-refractivity contribution >= 4 is 12.0 Å². The van der Waals surface area contributed by atoms with Crippen molar-refractivity contribution in [3.05, 3.63) is 0 Å². The van der Waals surface area contributed by atoms with Gasteiger partial charge in [-0.05, 0) is 25.3 Å². The second-order valence-electron chi connectivity index (χ2n) is 5.71. The van der Waals surface area contributed by atoms with Crippen LogP contribution in [0.2, 0.25) is 0 Å². The zero-order valence-electron chi connectivity index (χ0n) is 12.7. The largest absolute Gasteiger partial charge is 0.481 e. The maximum atomic E-state index is 11.8. The first-order valence-corrected chi connectivity index (χ1v) is 7.44. The molecule has 1 rings (SSSR count). The predicted octanol–water partition coefficient (Wildman–Crippen LogP) is 1.27. The minimum absolute atomic E-state index is 0.0474. The van der Waals surface area contributed by atoms with Crippen molar-refractivity contribution in [1.82, 2.24) is 15.5 Å². The number of amides is 2. The number of carbonyl (C=O) groups excluding carboxylic acids is 1. The maximum Gasteiger partial charge on any atom is 0.315 e. The Bertz CT molecular complexity index is 330. The van der Waals surface area contributed by atoms with Gasteiger partial charge in [0.1, 0.15) is 0 Å². The molecule has 0 bridgehead atoms. The highest BCUT2D eigenvalue weighted by Crippen LogP contribution is 2.25. The first-order valence-electron chi connectivity index (χ1n) is 7.44. The van der Waals surface area contributed by atoms with Crippen molar-refractivity contribution < 1.29 is 14.7 Å². The Morgan fingerprint density at radius 2 is 2.00 bits per heavy atom. The van der Waals surface area contributed by atoms with Crippen LogP contribution in [0.4, 0.5) is 4.79 Å². The molecule has 3 N–H and O–H groups in total. The monoisotopic (exact) mass is 285 g/mol. The van der Waals surface area contributed by atoms with Gasteiger partial charge in [0, 0.05) is 25.2 Å². The Kier molecular flexibility index (Phi) is 6.78. The zero-order valence-corrected chi connectivity index (χ0v) is 12.7. The fraction of sp³-hybridized carbons (Fsp3) is 0.857. The fourth-order valence-electron chi connectivity index (χ4n) is 2.21. The van der Waals surface area contributed by atoms with Gasteiger partial charge in [0.15, 0.2) is 0 Å². The van der Waals surface area contributed by atoms with Gasteiger partial charge < -0.3 is 15.7 Å². The number of aliphatic carboxylic acids is 1. The summed E-state index contributed by atoms with van der Waals surface area (Å²) in [4.78, 5) is 24.9. The van der Waals surface area contributed by atoms with Gasteiger partial charge in [0.2, 0.25) is 0 Å². The molecular weight excluding hydrogens is 258 g/mol. The number of rotatable bonds is 9. The minimum atomic E-state index is -0.894. The van der Waals surface area contributed by atoms with E-state index in [1.165, 1.54) is 12.8 Å². The van der Waals surface area contributed by atoms with Crippen LogP contribution in [0.15, 0.2) is 0 Å². The van der Waals surface area contributed by atoms with Gasteiger partial charge in [-0.2, -0.15) is 0 Å². The normalized spacial score (nSPS) is 16.2. The third-order valence-corrected chi connectivity index (χ3v) is 3.67. The van der Waals surface area contributed by atoms with E-state index in [2.05, 4.69) is 22.5 Å². The van der Waals surface area contributed by atoms with Crippen LogP contribution >= 0.6 is 0 Å². The standard InChI is InChI=1S/C14H27N3O3/c1-4-17(11-5-6-11)8-7-15-14(20)16-12(10(2)3)9-13(18)19/h10-12H,4-9H2,1-3H3,(H,18,19)(H2,15,16,20). The molecule has 0 saturated heterocycles. The average Bonchev–Trinajstić information content (AvgIpc) is 3.17. The van der Waals surface area contributed by atoms with Gasteiger partial charge in [-0.3, -0.25) is 9.69 Å². The molecule has 20 heavy (non-hydrogen) atoms. The van der Waals surface area contributed by atoms with E-state index in [0.29, 0.717) is 12.6 Å². The van der Waals surface area contributed by atoms with Crippen molar-refractivity contribution in [2.75, 3.05) is 19.6 Å². The van der Waals surface area contributed by atoms with Crippen molar-refractivity contribution in [3.8, 4) is 0 Å². The molecule has 0 aromatic rings. The van der Waals surface area contributed by atoms with Gasteiger partial charge >= 0.3 is 12.0 Å². The van der Waals surface area contributed by atoms with Gasteiger partial charge in [-0.25, -0.2) is 4.79 Å². The van der Waals surface area contributed by atoms with E-state index in [4.69, 9.17) is 5.11 Å². The molecule has 1 unspecified atom stereocenters. The molecule has 6 heteroatoms. The first-order chi connectivity index (χ1) is 9.43. The lowest BCUT2D eigenvalue weighted by atomic mass is 10.0. The summed E-state index contributed by atoms with van der Waals surface area (Å²) < 4.78 is 0. The van der Waals surface area contributed by atoms with E-state index >= 15 is 0 Å². The van der Waals surface area contributed by atoms with Crippen molar-refractivity contribution in [1.29, 1.82) is 0 Å². The molecule has 0 spiro atoms. The third kappa shape index (κ3) is 6.23. The third-order valence-electron chi connectivity index (χ3n) is 3.67. The molecule has 1 aliphatic carbocycles. The topological polar surface area (TPSA) is 81.7 Å². The van der Waals surface area contributed by atoms with E-state index < -0.39 is 5.97 Å². The Morgan fingerprint density at radius 1 is 1.35 bits per heavy atom. The second kappa shape index (κ2) is 8.09. The van der Waals surface area contributed by atoms with Crippen LogP contribution in [0.5, 0.6) is 0 Å². The number of hydrogen-bond acceptors (Lipinski definition) is 3.